The van der Waals surface area contributed by atoms with Gasteiger partial charge in [0.15, 0.2) is 0 Å². The minimum Gasteiger partial charge on any atom is -0.478 e. The number of hydrogen-bond acceptors (Lipinski definition) is 4. The lowest BCUT2D eigenvalue weighted by molar-refractivity contribution is 0.0696. The van der Waals surface area contributed by atoms with E-state index in [0.29, 0.717) is 41.1 Å². The van der Waals surface area contributed by atoms with Crippen molar-refractivity contribution in [1.82, 2.24) is 4.98 Å². The summed E-state index contributed by atoms with van der Waals surface area (Å²) in [5, 5.41) is 11.2. The predicted octanol–water partition coefficient (Wildman–Crippen LogP) is 6.65. The van der Waals surface area contributed by atoms with Crippen molar-refractivity contribution in [2.45, 2.75) is 33.1 Å². The minimum absolute atomic E-state index is 0.0175. The second kappa shape index (κ2) is 10.3. The van der Waals surface area contributed by atoms with Crippen LogP contribution in [0.3, 0.4) is 0 Å². The smallest absolute Gasteiger partial charge is 0.338 e. The van der Waals surface area contributed by atoms with Crippen LogP contribution < -0.4 is 5.73 Å². The monoisotopic (exact) mass is 554 g/mol. The van der Waals surface area contributed by atoms with Gasteiger partial charge in [-0.1, -0.05) is 38.1 Å². The number of rotatable bonds is 8. The van der Waals surface area contributed by atoms with Gasteiger partial charge in [0.1, 0.15) is 5.82 Å². The molecular weight excluding hydrogens is 531 g/mol. The van der Waals surface area contributed by atoms with E-state index in [-0.39, 0.29) is 22.9 Å². The van der Waals surface area contributed by atoms with Gasteiger partial charge < -0.3 is 10.8 Å². The van der Waals surface area contributed by atoms with Crippen molar-refractivity contribution in [3.63, 3.8) is 0 Å². The molecule has 0 spiro atoms. The van der Waals surface area contributed by atoms with E-state index in [1.807, 2.05) is 38.1 Å². The fourth-order valence-corrected chi connectivity index (χ4v) is 5.96. The topological polar surface area (TPSA) is 93.3 Å². The van der Waals surface area contributed by atoms with Gasteiger partial charge in [0, 0.05) is 19.6 Å². The summed E-state index contributed by atoms with van der Waals surface area (Å²) in [6, 6.07) is 13.8. The van der Waals surface area contributed by atoms with Crippen LogP contribution in [0.4, 0.5) is 4.39 Å². The van der Waals surface area contributed by atoms with Crippen molar-refractivity contribution < 1.29 is 19.1 Å². The quantitative estimate of drug-likeness (QED) is 0.255. The van der Waals surface area contributed by atoms with Crippen LogP contribution in [0.1, 0.15) is 51.5 Å². The molecule has 0 aliphatic heterocycles. The highest BCUT2D eigenvalue weighted by atomic mass is 79.9. The third-order valence-corrected chi connectivity index (χ3v) is 7.84. The molecule has 0 bridgehead atoms. The van der Waals surface area contributed by atoms with Crippen molar-refractivity contribution >= 4 is 49.2 Å². The molecule has 0 saturated heterocycles. The molecule has 0 radical (unpaired) electrons. The van der Waals surface area contributed by atoms with E-state index in [1.54, 1.807) is 12.1 Å². The van der Waals surface area contributed by atoms with Crippen LogP contribution in [0, 0.1) is 11.7 Å². The number of nitrogens with zero attached hydrogens (tertiary/aromatic N) is 1. The molecule has 2 heterocycles. The maximum absolute atomic E-state index is 13.3. The van der Waals surface area contributed by atoms with Crippen molar-refractivity contribution in [1.29, 1.82) is 0 Å². The first-order chi connectivity index (χ1) is 16.7. The summed E-state index contributed by atoms with van der Waals surface area (Å²) in [6.07, 6.45) is 1.27. The van der Waals surface area contributed by atoms with Gasteiger partial charge in [0.2, 0.25) is 0 Å². The predicted molar refractivity (Wildman–Crippen MR) is 141 cm³/mol. The number of pyridine rings is 1. The molecule has 1 amide bonds. The Bertz CT molecular complexity index is 1430. The molecule has 0 saturated carbocycles. The molecule has 0 unspecified atom stereocenters. The first kappa shape index (κ1) is 25.0. The summed E-state index contributed by atoms with van der Waals surface area (Å²) in [6.45, 7) is 4.01. The Morgan fingerprint density at radius 1 is 1.09 bits per heavy atom. The van der Waals surface area contributed by atoms with E-state index in [9.17, 15) is 19.1 Å². The third kappa shape index (κ3) is 5.28. The molecule has 4 aromatic rings. The minimum atomic E-state index is -1.17. The molecule has 4 rings (SSSR count). The maximum Gasteiger partial charge on any atom is 0.338 e. The standard InChI is InChI=1S/C27H24BrFN2O3S/c1-14(2)12-20-22(26(30)32)24(21-13-16-4-3-5-18(28)25(16)35-21)23(27(33)34)19(31-20)11-8-15-6-9-17(29)10-7-15/h3-7,9-10,13-14H,8,11-12H2,1-2H3,(H2,30,32)(H,33,34). The SMILES string of the molecule is CC(C)Cc1nc(CCc2ccc(F)cc2)c(C(=O)O)c(-c2cc3cccc(Br)c3s2)c1C(N)=O. The number of carbonyl (C=O) groups excluding carboxylic acids is 1. The van der Waals surface area contributed by atoms with Crippen molar-refractivity contribution in [3.8, 4) is 10.4 Å². The number of nitrogens with two attached hydrogens (primary N) is 1. The van der Waals surface area contributed by atoms with E-state index in [2.05, 4.69) is 20.9 Å². The van der Waals surface area contributed by atoms with Gasteiger partial charge in [-0.3, -0.25) is 9.78 Å². The molecule has 2 aromatic heterocycles. The van der Waals surface area contributed by atoms with Crippen LogP contribution in [0.15, 0.2) is 53.0 Å². The van der Waals surface area contributed by atoms with Crippen LogP contribution in [0.5, 0.6) is 0 Å². The van der Waals surface area contributed by atoms with Crippen LogP contribution in [-0.2, 0) is 19.3 Å². The Balaban J connectivity index is 1.97. The number of aromatic carboxylic acids is 1. The molecule has 3 N–H and O–H groups in total. The number of carboxylic acid groups (broad SMARTS) is 1. The summed E-state index contributed by atoms with van der Waals surface area (Å²) in [5.41, 5.74) is 8.04. The number of hydrogen-bond donors (Lipinski definition) is 2. The molecule has 5 nitrogen and oxygen atoms in total. The molecule has 2 aromatic carbocycles. The van der Waals surface area contributed by atoms with Gasteiger partial charge in [-0.15, -0.1) is 11.3 Å². The lowest BCUT2D eigenvalue weighted by Crippen LogP contribution is -2.22. The van der Waals surface area contributed by atoms with Crippen LogP contribution in [0.25, 0.3) is 20.5 Å². The van der Waals surface area contributed by atoms with E-state index < -0.39 is 11.9 Å². The fourth-order valence-electron chi connectivity index (χ4n) is 4.21. The van der Waals surface area contributed by atoms with E-state index >= 15 is 0 Å². The number of primary amides is 1. The molecule has 0 aliphatic carbocycles. The highest BCUT2D eigenvalue weighted by Gasteiger charge is 2.29. The second-order valence-electron chi connectivity index (χ2n) is 8.79. The lowest BCUT2D eigenvalue weighted by atomic mass is 9.91. The molecule has 0 fully saturated rings. The van der Waals surface area contributed by atoms with Gasteiger partial charge in [-0.25, -0.2) is 9.18 Å². The number of halogens is 2. The number of carbonyl (C=O) groups is 2. The number of benzene rings is 2. The number of aryl methyl sites for hydroxylation is 2. The zero-order chi connectivity index (χ0) is 25.3. The zero-order valence-electron chi connectivity index (χ0n) is 19.3. The lowest BCUT2D eigenvalue weighted by Gasteiger charge is -2.18. The summed E-state index contributed by atoms with van der Waals surface area (Å²) < 4.78 is 15.2. The molecule has 0 aliphatic rings. The molecule has 180 valence electrons. The number of aromatic nitrogens is 1. The van der Waals surface area contributed by atoms with Crippen LogP contribution >= 0.6 is 27.3 Å². The van der Waals surface area contributed by atoms with Crippen LogP contribution in [-0.4, -0.2) is 22.0 Å². The first-order valence-corrected chi connectivity index (χ1v) is 12.8. The third-order valence-electron chi connectivity index (χ3n) is 5.72. The zero-order valence-corrected chi connectivity index (χ0v) is 21.7. The normalized spacial score (nSPS) is 11.3. The van der Waals surface area contributed by atoms with E-state index in [4.69, 9.17) is 5.73 Å². The number of fused-ring (bicyclic) bond motifs is 1. The Morgan fingerprint density at radius 3 is 2.40 bits per heavy atom. The number of carboxylic acids is 1. The molecule has 35 heavy (non-hydrogen) atoms. The van der Waals surface area contributed by atoms with E-state index in [1.165, 1.54) is 23.5 Å². The second-order valence-corrected chi connectivity index (χ2v) is 10.7. The van der Waals surface area contributed by atoms with Gasteiger partial charge in [0.25, 0.3) is 5.91 Å². The van der Waals surface area contributed by atoms with Crippen molar-refractivity contribution in [3.05, 3.63) is 86.9 Å². The average molecular weight is 555 g/mol. The Kier molecular flexibility index (Phi) is 7.33. The molecule has 8 heteroatoms. The van der Waals surface area contributed by atoms with Crippen LogP contribution in [0.2, 0.25) is 0 Å². The largest absolute Gasteiger partial charge is 0.478 e. The highest BCUT2D eigenvalue weighted by molar-refractivity contribution is 9.10. The molecular formula is C27H24BrFN2O3S. The van der Waals surface area contributed by atoms with Gasteiger partial charge in [-0.05, 0) is 76.3 Å². The van der Waals surface area contributed by atoms with E-state index in [0.717, 1.165) is 20.1 Å². The highest BCUT2D eigenvalue weighted by Crippen LogP contribution is 2.41. The summed E-state index contributed by atoms with van der Waals surface area (Å²) in [7, 11) is 0. The molecule has 0 atom stereocenters. The number of thiophene rings is 1. The Labute approximate surface area is 214 Å². The summed E-state index contributed by atoms with van der Waals surface area (Å²) >= 11 is 4.96. The maximum atomic E-state index is 13.3. The summed E-state index contributed by atoms with van der Waals surface area (Å²) in [5.74, 6) is -2.03. The Hall–Kier alpha value is -3.10. The van der Waals surface area contributed by atoms with Gasteiger partial charge >= 0.3 is 5.97 Å². The van der Waals surface area contributed by atoms with Crippen molar-refractivity contribution in [2.75, 3.05) is 0 Å². The Morgan fingerprint density at radius 2 is 1.80 bits per heavy atom. The summed E-state index contributed by atoms with van der Waals surface area (Å²) in [4.78, 5) is 30.7. The average Bonchev–Trinajstić information content (AvgIpc) is 3.23. The number of amides is 1. The fraction of sp³-hybridized carbons (Fsp3) is 0.222. The first-order valence-electron chi connectivity index (χ1n) is 11.2. The van der Waals surface area contributed by atoms with Crippen molar-refractivity contribution in [2.24, 2.45) is 11.7 Å². The van der Waals surface area contributed by atoms with Gasteiger partial charge in [0.05, 0.1) is 22.5 Å². The van der Waals surface area contributed by atoms with Gasteiger partial charge in [-0.2, -0.15) is 0 Å².